The van der Waals surface area contributed by atoms with E-state index in [-0.39, 0.29) is 12.0 Å². The van der Waals surface area contributed by atoms with Gasteiger partial charge in [0.1, 0.15) is 5.69 Å². The summed E-state index contributed by atoms with van der Waals surface area (Å²) in [5.41, 5.74) is 3.84. The zero-order chi connectivity index (χ0) is 24.9. The molecule has 186 valence electrons. The molecule has 1 fully saturated rings. The number of rotatable bonds is 9. The van der Waals surface area contributed by atoms with Gasteiger partial charge in [0, 0.05) is 13.1 Å². The number of nitrogens with zero attached hydrogens (tertiary/aromatic N) is 6. The quantitative estimate of drug-likeness (QED) is 0.413. The summed E-state index contributed by atoms with van der Waals surface area (Å²) in [6.45, 7) is 2.28. The highest BCUT2D eigenvalue weighted by atomic mass is 16.5. The van der Waals surface area contributed by atoms with E-state index in [1.165, 1.54) is 14.2 Å². The lowest BCUT2D eigenvalue weighted by atomic mass is 9.85. The maximum absolute atomic E-state index is 11.4. The van der Waals surface area contributed by atoms with Crippen molar-refractivity contribution in [1.82, 2.24) is 29.9 Å². The summed E-state index contributed by atoms with van der Waals surface area (Å²) in [6, 6.07) is 5.57. The average molecular weight is 483 g/mol. The smallest absolute Gasteiger partial charge is 0.306 e. The summed E-state index contributed by atoms with van der Waals surface area (Å²) >= 11 is 0. The van der Waals surface area contributed by atoms with Gasteiger partial charge in [-0.3, -0.25) is 4.79 Å². The van der Waals surface area contributed by atoms with E-state index in [4.69, 9.17) is 14.5 Å². The molecule has 0 amide bonds. The van der Waals surface area contributed by atoms with Crippen molar-refractivity contribution in [3.05, 3.63) is 29.6 Å². The van der Waals surface area contributed by atoms with Crippen LogP contribution in [-0.2, 0) is 18.4 Å². The molecule has 0 radical (unpaired) electrons. The molecule has 0 aromatic carbocycles. The number of aryl methyl sites for hydroxylation is 2. The normalized spacial score (nSPS) is 17.6. The molecule has 0 saturated heterocycles. The van der Waals surface area contributed by atoms with Gasteiger partial charge in [-0.25, -0.2) is 9.67 Å². The van der Waals surface area contributed by atoms with Gasteiger partial charge in [-0.2, -0.15) is 9.97 Å². The Bertz CT molecular complexity index is 1180. The highest BCUT2D eigenvalue weighted by Gasteiger charge is 2.27. The van der Waals surface area contributed by atoms with E-state index in [0.717, 1.165) is 36.3 Å². The second-order valence-electron chi connectivity index (χ2n) is 8.51. The zero-order valence-electron chi connectivity index (χ0n) is 20.3. The van der Waals surface area contributed by atoms with E-state index in [9.17, 15) is 9.90 Å². The van der Waals surface area contributed by atoms with Crippen LogP contribution >= 0.6 is 0 Å². The molecule has 12 heteroatoms. The molecule has 1 saturated carbocycles. The first-order valence-corrected chi connectivity index (χ1v) is 11.4. The summed E-state index contributed by atoms with van der Waals surface area (Å²) < 4.78 is 12.1. The fourth-order valence-electron chi connectivity index (χ4n) is 4.24. The Morgan fingerprint density at radius 1 is 1.17 bits per heavy atom. The number of hydrogen-bond acceptors (Lipinski definition) is 10. The predicted octanol–water partition coefficient (Wildman–Crippen LogP) is 2.66. The molecule has 1 aliphatic rings. The van der Waals surface area contributed by atoms with Gasteiger partial charge in [-0.05, 0) is 38.3 Å². The van der Waals surface area contributed by atoms with Crippen LogP contribution in [0.2, 0.25) is 0 Å². The third-order valence-corrected chi connectivity index (χ3v) is 6.17. The Kier molecular flexibility index (Phi) is 7.28. The average Bonchev–Trinajstić information content (AvgIpc) is 3.23. The molecule has 12 nitrogen and oxygen atoms in total. The predicted molar refractivity (Wildman–Crippen MR) is 128 cm³/mol. The lowest BCUT2D eigenvalue weighted by Gasteiger charge is -2.28. The summed E-state index contributed by atoms with van der Waals surface area (Å²) in [6.07, 6.45) is 3.20. The number of carboxylic acids is 1. The molecule has 0 unspecified atom stereocenters. The second-order valence-corrected chi connectivity index (χ2v) is 8.51. The number of aliphatic carboxylic acids is 1. The zero-order valence-corrected chi connectivity index (χ0v) is 20.3. The van der Waals surface area contributed by atoms with Crippen molar-refractivity contribution in [2.75, 3.05) is 24.9 Å². The van der Waals surface area contributed by atoms with Crippen molar-refractivity contribution in [3.63, 3.8) is 0 Å². The summed E-state index contributed by atoms with van der Waals surface area (Å²) in [4.78, 5) is 24.7. The molecule has 4 rings (SSSR count). The van der Waals surface area contributed by atoms with Gasteiger partial charge in [-0.15, -0.1) is 5.10 Å². The number of hydrogen-bond donors (Lipinski definition) is 3. The maximum Gasteiger partial charge on any atom is 0.306 e. The number of carbonyl (C=O) groups is 1. The fourth-order valence-corrected chi connectivity index (χ4v) is 4.24. The van der Waals surface area contributed by atoms with Crippen molar-refractivity contribution < 1.29 is 19.4 Å². The first-order valence-electron chi connectivity index (χ1n) is 11.4. The highest BCUT2D eigenvalue weighted by molar-refractivity contribution is 5.70. The minimum Gasteiger partial charge on any atom is -0.481 e. The Morgan fingerprint density at radius 3 is 2.57 bits per heavy atom. The van der Waals surface area contributed by atoms with Crippen LogP contribution in [0, 0.1) is 12.8 Å². The molecule has 0 aliphatic heterocycles. The van der Waals surface area contributed by atoms with Gasteiger partial charge < -0.3 is 25.2 Å². The minimum atomic E-state index is -0.719. The van der Waals surface area contributed by atoms with Gasteiger partial charge in [-0.1, -0.05) is 11.6 Å². The summed E-state index contributed by atoms with van der Waals surface area (Å²) in [7, 11) is 4.87. The molecule has 3 aromatic rings. The van der Waals surface area contributed by atoms with Gasteiger partial charge in [0.15, 0.2) is 0 Å². The third-order valence-electron chi connectivity index (χ3n) is 6.17. The second kappa shape index (κ2) is 10.5. The van der Waals surface area contributed by atoms with E-state index < -0.39 is 5.97 Å². The van der Waals surface area contributed by atoms with Crippen molar-refractivity contribution in [2.45, 2.75) is 45.2 Å². The van der Waals surface area contributed by atoms with E-state index in [1.54, 1.807) is 10.7 Å². The number of aromatic nitrogens is 6. The lowest BCUT2D eigenvalue weighted by molar-refractivity contribution is -0.142. The van der Waals surface area contributed by atoms with Crippen LogP contribution in [0.3, 0.4) is 0 Å². The van der Waals surface area contributed by atoms with E-state index in [0.29, 0.717) is 42.1 Å². The molecular weight excluding hydrogens is 452 g/mol. The molecule has 35 heavy (non-hydrogen) atoms. The minimum absolute atomic E-state index is 0.118. The summed E-state index contributed by atoms with van der Waals surface area (Å²) in [5, 5.41) is 24.5. The van der Waals surface area contributed by atoms with Gasteiger partial charge >= 0.3 is 5.97 Å². The highest BCUT2D eigenvalue weighted by Crippen LogP contribution is 2.29. The molecular formula is C23H30N8O4. The molecule has 3 heterocycles. The summed E-state index contributed by atoms with van der Waals surface area (Å²) in [5.74, 6) is 0.107. The van der Waals surface area contributed by atoms with Crippen LogP contribution in [0.5, 0.6) is 11.8 Å². The molecule has 0 bridgehead atoms. The Balaban J connectivity index is 1.49. The van der Waals surface area contributed by atoms with Gasteiger partial charge in [0.25, 0.3) is 0 Å². The molecule has 0 spiro atoms. The van der Waals surface area contributed by atoms with Gasteiger partial charge in [0.2, 0.25) is 17.7 Å². The van der Waals surface area contributed by atoms with Crippen LogP contribution in [0.4, 0.5) is 11.6 Å². The maximum atomic E-state index is 11.4. The monoisotopic (exact) mass is 482 g/mol. The number of carboxylic acid groups (broad SMARTS) is 1. The van der Waals surface area contributed by atoms with Crippen LogP contribution < -0.4 is 20.1 Å². The topological polar surface area (TPSA) is 149 Å². The van der Waals surface area contributed by atoms with Crippen molar-refractivity contribution in [3.8, 4) is 23.1 Å². The fraction of sp³-hybridized carbons (Fsp3) is 0.478. The van der Waals surface area contributed by atoms with E-state index in [1.807, 2.05) is 26.1 Å². The molecule has 1 aliphatic carbocycles. The van der Waals surface area contributed by atoms with Crippen LogP contribution in [0.1, 0.15) is 37.1 Å². The van der Waals surface area contributed by atoms with E-state index in [2.05, 4.69) is 30.9 Å². The molecule has 2 atom stereocenters. The number of nitrogens with one attached hydrogen (secondary N) is 2. The Labute approximate surface area is 203 Å². The van der Waals surface area contributed by atoms with Crippen LogP contribution in [0.25, 0.3) is 11.4 Å². The molecule has 3 N–H and O–H groups in total. The first-order chi connectivity index (χ1) is 16.9. The van der Waals surface area contributed by atoms with Crippen molar-refractivity contribution >= 4 is 17.6 Å². The van der Waals surface area contributed by atoms with Crippen molar-refractivity contribution in [2.24, 2.45) is 13.0 Å². The standard InChI is InChI=1S/C23H30N8O4/c1-13-16(26-15-7-5-6-14(10-15)22(32)33)8-9-17(25-13)21-18(31(2)30-29-21)12-24-23-27-19(34-3)11-20(28-23)35-4/h8-9,11,14-15,26H,5-7,10,12H2,1-4H3,(H,32,33)(H,24,27,28)/t14-,15-/m0/s1. The number of pyridine rings is 1. The SMILES string of the molecule is COc1cc(OC)nc(NCc2c(-c3ccc(N[C@H]4CCC[C@H](C(=O)O)C4)c(C)n3)nnn2C)n1. The van der Waals surface area contributed by atoms with E-state index >= 15 is 0 Å². The Morgan fingerprint density at radius 2 is 1.91 bits per heavy atom. The van der Waals surface area contributed by atoms with Crippen LogP contribution in [0.15, 0.2) is 18.2 Å². The van der Waals surface area contributed by atoms with Gasteiger partial charge in [0.05, 0.1) is 55.5 Å². The number of ether oxygens (including phenoxy) is 2. The number of anilines is 2. The lowest BCUT2D eigenvalue weighted by Crippen LogP contribution is -2.31. The third kappa shape index (κ3) is 5.58. The first kappa shape index (κ1) is 24.2. The van der Waals surface area contributed by atoms with Crippen molar-refractivity contribution in [1.29, 1.82) is 0 Å². The van der Waals surface area contributed by atoms with Crippen LogP contribution in [-0.4, -0.2) is 61.3 Å². The largest absolute Gasteiger partial charge is 0.481 e. The molecule has 3 aromatic heterocycles. The Hall–Kier alpha value is -3.96. The number of methoxy groups -OCH3 is 2.